The molecule has 2 aromatic carbocycles. The Morgan fingerprint density at radius 3 is 2.63 bits per heavy atom. The van der Waals surface area contributed by atoms with Gasteiger partial charge >= 0.3 is 0 Å². The van der Waals surface area contributed by atoms with E-state index in [2.05, 4.69) is 25.7 Å². The molecular formula is C19H18ClN7. The van der Waals surface area contributed by atoms with Crippen LogP contribution in [-0.2, 0) is 7.05 Å². The maximum Gasteiger partial charge on any atom is 0.265 e. The highest BCUT2D eigenvalue weighted by molar-refractivity contribution is 6.31. The van der Waals surface area contributed by atoms with Crippen LogP contribution in [0.4, 0.5) is 11.6 Å². The van der Waals surface area contributed by atoms with Gasteiger partial charge in [0.15, 0.2) is 5.65 Å². The third-order valence-corrected chi connectivity index (χ3v) is 4.58. The molecule has 0 atom stereocenters. The lowest BCUT2D eigenvalue weighted by Crippen LogP contribution is -2.08. The van der Waals surface area contributed by atoms with Gasteiger partial charge in [-0.05, 0) is 35.9 Å². The van der Waals surface area contributed by atoms with Crippen molar-refractivity contribution in [1.82, 2.24) is 19.7 Å². The van der Waals surface area contributed by atoms with Crippen LogP contribution in [-0.4, -0.2) is 40.1 Å². The molecule has 0 saturated carbocycles. The zero-order valence-electron chi connectivity index (χ0n) is 15.2. The number of fused-ring (bicyclic) bond motifs is 3. The number of nitrogens with zero attached hydrogens (tertiary/aromatic N) is 6. The van der Waals surface area contributed by atoms with E-state index in [1.807, 2.05) is 73.1 Å². The summed E-state index contributed by atoms with van der Waals surface area (Å²) in [6.07, 6.45) is 1.72. The van der Waals surface area contributed by atoms with Crippen LogP contribution in [0.25, 0.3) is 22.1 Å². The molecule has 0 bridgehead atoms. The fourth-order valence-corrected chi connectivity index (χ4v) is 3.07. The van der Waals surface area contributed by atoms with E-state index >= 15 is 0 Å². The Balaban J connectivity index is 1.59. The van der Waals surface area contributed by atoms with Crippen LogP contribution < -0.4 is 10.3 Å². The number of anilines is 2. The van der Waals surface area contributed by atoms with Gasteiger partial charge in [0, 0.05) is 37.2 Å². The first-order valence-electron chi connectivity index (χ1n) is 8.38. The summed E-state index contributed by atoms with van der Waals surface area (Å²) >= 11 is 6.10. The number of aromatic nitrogens is 4. The van der Waals surface area contributed by atoms with E-state index in [9.17, 15) is 0 Å². The first-order chi connectivity index (χ1) is 13.0. The minimum absolute atomic E-state index is 0.334. The molecule has 0 amide bonds. The van der Waals surface area contributed by atoms with Crippen LogP contribution in [0.15, 0.2) is 47.6 Å². The quantitative estimate of drug-likeness (QED) is 0.432. The maximum atomic E-state index is 6.10. The van der Waals surface area contributed by atoms with Crippen molar-refractivity contribution in [3.8, 4) is 0 Å². The number of aryl methyl sites for hydroxylation is 1. The lowest BCUT2D eigenvalue weighted by molar-refractivity contribution is 0.949. The van der Waals surface area contributed by atoms with Crippen molar-refractivity contribution in [1.29, 1.82) is 0 Å². The standard InChI is InChI=1S/C19H18ClN7/c1-26(2)14-7-4-12(5-8-14)11-21-24-19-22-18-17(23-25-19)15-10-13(20)6-9-16(15)27(18)3/h4-11H,1-3H3,(H,22,24,25)/b21-11+. The van der Waals surface area contributed by atoms with E-state index in [1.165, 1.54) is 0 Å². The molecule has 2 heterocycles. The second-order valence-electron chi connectivity index (χ2n) is 6.38. The molecule has 1 N–H and O–H groups in total. The van der Waals surface area contributed by atoms with Crippen LogP contribution in [0.1, 0.15) is 5.56 Å². The molecule has 0 aliphatic rings. The highest BCUT2D eigenvalue weighted by Crippen LogP contribution is 2.27. The van der Waals surface area contributed by atoms with Gasteiger partial charge in [-0.2, -0.15) is 10.1 Å². The molecule has 0 spiro atoms. The Kier molecular flexibility index (Phi) is 4.37. The van der Waals surface area contributed by atoms with Gasteiger partial charge in [-0.3, -0.25) is 0 Å². The Labute approximate surface area is 161 Å². The SMILES string of the molecule is CN(C)c1ccc(/C=N/Nc2nnc3c4cc(Cl)ccc4n(C)c3n2)cc1. The van der Waals surface area contributed by atoms with E-state index in [0.29, 0.717) is 16.5 Å². The van der Waals surface area contributed by atoms with Gasteiger partial charge in [0.2, 0.25) is 0 Å². The first-order valence-corrected chi connectivity index (χ1v) is 8.75. The molecule has 8 heteroatoms. The van der Waals surface area contributed by atoms with Gasteiger partial charge in [0.25, 0.3) is 5.95 Å². The van der Waals surface area contributed by atoms with Gasteiger partial charge in [0.1, 0.15) is 5.52 Å². The summed E-state index contributed by atoms with van der Waals surface area (Å²) in [4.78, 5) is 6.57. The van der Waals surface area contributed by atoms with Crippen molar-refractivity contribution in [2.45, 2.75) is 0 Å². The van der Waals surface area contributed by atoms with Crippen molar-refractivity contribution in [3.05, 3.63) is 53.1 Å². The van der Waals surface area contributed by atoms with Crippen LogP contribution in [0.2, 0.25) is 5.02 Å². The van der Waals surface area contributed by atoms with Crippen molar-refractivity contribution in [3.63, 3.8) is 0 Å². The number of halogens is 1. The maximum absolute atomic E-state index is 6.10. The summed E-state index contributed by atoms with van der Waals surface area (Å²) in [5.74, 6) is 0.334. The summed E-state index contributed by atoms with van der Waals surface area (Å²) in [7, 11) is 5.95. The molecule has 4 rings (SSSR count). The monoisotopic (exact) mass is 379 g/mol. The van der Waals surface area contributed by atoms with Gasteiger partial charge in [0.05, 0.1) is 11.7 Å². The number of hydrogen-bond acceptors (Lipinski definition) is 6. The molecule has 4 aromatic rings. The highest BCUT2D eigenvalue weighted by atomic mass is 35.5. The summed E-state index contributed by atoms with van der Waals surface area (Å²) < 4.78 is 1.96. The van der Waals surface area contributed by atoms with Crippen LogP contribution in [0.5, 0.6) is 0 Å². The van der Waals surface area contributed by atoms with E-state index in [1.54, 1.807) is 6.21 Å². The fourth-order valence-electron chi connectivity index (χ4n) is 2.90. The molecule has 0 aliphatic carbocycles. The normalized spacial score (nSPS) is 11.6. The molecule has 7 nitrogen and oxygen atoms in total. The Bertz CT molecular complexity index is 1150. The van der Waals surface area contributed by atoms with Gasteiger partial charge in [-0.25, -0.2) is 5.43 Å². The third kappa shape index (κ3) is 3.29. The number of nitrogens with one attached hydrogen (secondary N) is 1. The van der Waals surface area contributed by atoms with E-state index < -0.39 is 0 Å². The molecule has 27 heavy (non-hydrogen) atoms. The highest BCUT2D eigenvalue weighted by Gasteiger charge is 2.12. The predicted octanol–water partition coefficient (Wildman–Crippen LogP) is 3.68. The summed E-state index contributed by atoms with van der Waals surface area (Å²) in [5, 5.41) is 14.2. The van der Waals surface area contributed by atoms with Crippen molar-refractivity contribution >= 4 is 51.5 Å². The number of rotatable bonds is 4. The second-order valence-corrected chi connectivity index (χ2v) is 6.82. The molecule has 136 valence electrons. The van der Waals surface area contributed by atoms with E-state index in [-0.39, 0.29) is 0 Å². The van der Waals surface area contributed by atoms with Crippen molar-refractivity contribution < 1.29 is 0 Å². The van der Waals surface area contributed by atoms with Gasteiger partial charge in [-0.15, -0.1) is 10.2 Å². The molecule has 0 unspecified atom stereocenters. The molecular weight excluding hydrogens is 362 g/mol. The first kappa shape index (κ1) is 17.2. The fraction of sp³-hybridized carbons (Fsp3) is 0.158. The summed E-state index contributed by atoms with van der Waals surface area (Å²) in [5.41, 5.74) is 7.38. The second kappa shape index (κ2) is 6.85. The van der Waals surface area contributed by atoms with Crippen LogP contribution >= 0.6 is 11.6 Å². The Morgan fingerprint density at radius 1 is 1.11 bits per heavy atom. The van der Waals surface area contributed by atoms with Gasteiger partial charge < -0.3 is 9.47 Å². The van der Waals surface area contributed by atoms with E-state index in [4.69, 9.17) is 11.6 Å². The predicted molar refractivity (Wildman–Crippen MR) is 111 cm³/mol. The number of hydrogen-bond donors (Lipinski definition) is 1. The van der Waals surface area contributed by atoms with E-state index in [0.717, 1.165) is 27.8 Å². The molecule has 0 fully saturated rings. The van der Waals surface area contributed by atoms with Gasteiger partial charge in [-0.1, -0.05) is 23.7 Å². The minimum Gasteiger partial charge on any atom is -0.378 e. The lowest BCUT2D eigenvalue weighted by Gasteiger charge is -2.11. The molecule has 0 saturated heterocycles. The molecule has 0 aliphatic heterocycles. The third-order valence-electron chi connectivity index (χ3n) is 4.35. The van der Waals surface area contributed by atoms with Crippen LogP contribution in [0.3, 0.4) is 0 Å². The topological polar surface area (TPSA) is 71.2 Å². The average Bonchev–Trinajstić information content (AvgIpc) is 2.94. The Morgan fingerprint density at radius 2 is 1.89 bits per heavy atom. The van der Waals surface area contributed by atoms with Crippen LogP contribution in [0, 0.1) is 0 Å². The zero-order valence-corrected chi connectivity index (χ0v) is 15.9. The van der Waals surface area contributed by atoms with Crippen molar-refractivity contribution in [2.24, 2.45) is 12.1 Å². The number of hydrazone groups is 1. The number of benzene rings is 2. The Hall–Kier alpha value is -3.19. The largest absolute Gasteiger partial charge is 0.378 e. The summed E-state index contributed by atoms with van der Waals surface area (Å²) in [6, 6.07) is 13.7. The minimum atomic E-state index is 0.334. The average molecular weight is 380 g/mol. The van der Waals surface area contributed by atoms with Crippen molar-refractivity contribution in [2.75, 3.05) is 24.4 Å². The smallest absolute Gasteiger partial charge is 0.265 e. The summed E-state index contributed by atoms with van der Waals surface area (Å²) in [6.45, 7) is 0. The molecule has 0 radical (unpaired) electrons. The lowest BCUT2D eigenvalue weighted by atomic mass is 10.2. The zero-order chi connectivity index (χ0) is 19.0. The molecule has 2 aromatic heterocycles.